The summed E-state index contributed by atoms with van der Waals surface area (Å²) in [5.41, 5.74) is 1.64. The smallest absolute Gasteiger partial charge is 0.269 e. The highest BCUT2D eigenvalue weighted by molar-refractivity contribution is 9.10. The molecule has 7 heteroatoms. The standard InChI is InChI=1S/C10H10BrClN4O/c1-6-3-7(15(2)14-6)4-16-5-13-9(12)8(11)10(16)17/h3,5H,4H2,1-2H3. The molecule has 0 atom stereocenters. The van der Waals surface area contributed by atoms with Crippen molar-refractivity contribution in [1.29, 1.82) is 0 Å². The molecule has 0 spiro atoms. The number of hydrogen-bond acceptors (Lipinski definition) is 3. The molecule has 0 radical (unpaired) electrons. The molecule has 2 aromatic heterocycles. The Morgan fingerprint density at radius 3 is 2.82 bits per heavy atom. The summed E-state index contributed by atoms with van der Waals surface area (Å²) in [4.78, 5) is 15.8. The van der Waals surface area contributed by atoms with Crippen LogP contribution in [-0.4, -0.2) is 19.3 Å². The Morgan fingerprint density at radius 2 is 2.24 bits per heavy atom. The van der Waals surface area contributed by atoms with Gasteiger partial charge in [-0.3, -0.25) is 14.0 Å². The van der Waals surface area contributed by atoms with E-state index in [1.54, 1.807) is 4.68 Å². The molecular formula is C10H10BrClN4O. The number of rotatable bonds is 2. The van der Waals surface area contributed by atoms with Gasteiger partial charge in [-0.2, -0.15) is 5.10 Å². The van der Waals surface area contributed by atoms with Crippen LogP contribution in [0.25, 0.3) is 0 Å². The molecule has 0 saturated carbocycles. The summed E-state index contributed by atoms with van der Waals surface area (Å²) in [6, 6.07) is 1.93. The monoisotopic (exact) mass is 316 g/mol. The molecule has 0 N–H and O–H groups in total. The van der Waals surface area contributed by atoms with E-state index in [2.05, 4.69) is 26.0 Å². The third-order valence-corrected chi connectivity index (χ3v) is 3.60. The van der Waals surface area contributed by atoms with Crippen molar-refractivity contribution >= 4 is 27.5 Å². The van der Waals surface area contributed by atoms with Gasteiger partial charge in [-0.05, 0) is 28.9 Å². The van der Waals surface area contributed by atoms with Crippen molar-refractivity contribution in [2.24, 2.45) is 7.05 Å². The highest BCUT2D eigenvalue weighted by Gasteiger charge is 2.09. The van der Waals surface area contributed by atoms with Gasteiger partial charge in [0, 0.05) is 7.05 Å². The van der Waals surface area contributed by atoms with Crippen LogP contribution >= 0.6 is 27.5 Å². The van der Waals surface area contributed by atoms with E-state index in [1.807, 2.05) is 20.0 Å². The molecule has 0 bridgehead atoms. The van der Waals surface area contributed by atoms with E-state index in [9.17, 15) is 4.79 Å². The van der Waals surface area contributed by atoms with Crippen LogP contribution in [0.5, 0.6) is 0 Å². The maximum atomic E-state index is 11.9. The molecule has 2 rings (SSSR count). The number of nitrogens with zero attached hydrogens (tertiary/aromatic N) is 4. The molecule has 0 fully saturated rings. The summed E-state index contributed by atoms with van der Waals surface area (Å²) in [7, 11) is 1.84. The van der Waals surface area contributed by atoms with E-state index in [0.717, 1.165) is 11.4 Å². The summed E-state index contributed by atoms with van der Waals surface area (Å²) in [6.45, 7) is 2.32. The van der Waals surface area contributed by atoms with Crippen LogP contribution in [0.2, 0.25) is 5.15 Å². The van der Waals surface area contributed by atoms with Crippen LogP contribution in [0.3, 0.4) is 0 Å². The predicted octanol–water partition coefficient (Wildman–Crippen LogP) is 1.75. The number of hydrogen-bond donors (Lipinski definition) is 0. The molecule has 0 saturated heterocycles. The molecule has 17 heavy (non-hydrogen) atoms. The SMILES string of the molecule is Cc1cc(Cn2cnc(Cl)c(Br)c2=O)n(C)n1. The van der Waals surface area contributed by atoms with Gasteiger partial charge in [0.25, 0.3) is 5.56 Å². The van der Waals surface area contributed by atoms with Crippen LogP contribution in [0.15, 0.2) is 21.7 Å². The average molecular weight is 318 g/mol. The topological polar surface area (TPSA) is 52.7 Å². The Labute approximate surface area is 111 Å². The maximum Gasteiger partial charge on any atom is 0.269 e. The average Bonchev–Trinajstić information content (AvgIpc) is 2.58. The fourth-order valence-corrected chi connectivity index (χ4v) is 2.00. The maximum absolute atomic E-state index is 11.9. The highest BCUT2D eigenvalue weighted by Crippen LogP contribution is 2.14. The van der Waals surface area contributed by atoms with Crippen LogP contribution in [0, 0.1) is 6.92 Å². The van der Waals surface area contributed by atoms with Gasteiger partial charge in [-0.25, -0.2) is 4.98 Å². The van der Waals surface area contributed by atoms with Gasteiger partial charge in [0.05, 0.1) is 24.3 Å². The molecule has 5 nitrogen and oxygen atoms in total. The molecule has 0 aliphatic rings. The molecule has 0 aromatic carbocycles. The van der Waals surface area contributed by atoms with Crippen molar-refractivity contribution in [3.05, 3.63) is 43.8 Å². The van der Waals surface area contributed by atoms with Crippen molar-refractivity contribution in [1.82, 2.24) is 19.3 Å². The van der Waals surface area contributed by atoms with Gasteiger partial charge < -0.3 is 0 Å². The molecular weight excluding hydrogens is 307 g/mol. The quantitative estimate of drug-likeness (QED) is 0.793. The lowest BCUT2D eigenvalue weighted by atomic mass is 10.3. The zero-order chi connectivity index (χ0) is 12.6. The number of aryl methyl sites for hydroxylation is 2. The van der Waals surface area contributed by atoms with E-state index in [1.165, 1.54) is 10.9 Å². The van der Waals surface area contributed by atoms with Gasteiger partial charge in [0.2, 0.25) is 0 Å². The molecule has 2 heterocycles. The van der Waals surface area contributed by atoms with Gasteiger partial charge in [-0.15, -0.1) is 0 Å². The minimum absolute atomic E-state index is 0.174. The second-order valence-corrected chi connectivity index (χ2v) is 4.83. The first-order valence-electron chi connectivity index (χ1n) is 4.89. The van der Waals surface area contributed by atoms with Crippen molar-refractivity contribution < 1.29 is 0 Å². The Bertz CT molecular complexity index is 619. The van der Waals surface area contributed by atoms with Crippen LogP contribution in [0.1, 0.15) is 11.4 Å². The van der Waals surface area contributed by atoms with Crippen molar-refractivity contribution in [2.45, 2.75) is 13.5 Å². The minimum Gasteiger partial charge on any atom is -0.292 e. The van der Waals surface area contributed by atoms with E-state index < -0.39 is 0 Å². The summed E-state index contributed by atoms with van der Waals surface area (Å²) in [5.74, 6) is 0. The number of aromatic nitrogens is 4. The molecule has 0 amide bonds. The minimum atomic E-state index is -0.205. The normalized spacial score (nSPS) is 10.8. The molecule has 0 unspecified atom stereocenters. The third kappa shape index (κ3) is 2.42. The number of halogens is 2. The van der Waals surface area contributed by atoms with Crippen LogP contribution in [0.4, 0.5) is 0 Å². The first kappa shape index (κ1) is 12.3. The summed E-state index contributed by atoms with van der Waals surface area (Å²) < 4.78 is 3.50. The van der Waals surface area contributed by atoms with E-state index in [0.29, 0.717) is 6.54 Å². The second kappa shape index (κ2) is 4.62. The van der Waals surface area contributed by atoms with Gasteiger partial charge in [0.15, 0.2) is 5.15 Å². The second-order valence-electron chi connectivity index (χ2n) is 3.68. The van der Waals surface area contributed by atoms with Crippen molar-refractivity contribution in [2.75, 3.05) is 0 Å². The Hall–Kier alpha value is -1.14. The predicted molar refractivity (Wildman–Crippen MR) is 68.3 cm³/mol. The molecule has 90 valence electrons. The van der Waals surface area contributed by atoms with Gasteiger partial charge in [-0.1, -0.05) is 11.6 Å². The van der Waals surface area contributed by atoms with Crippen LogP contribution < -0.4 is 5.56 Å². The van der Waals surface area contributed by atoms with Crippen molar-refractivity contribution in [3.8, 4) is 0 Å². The zero-order valence-corrected chi connectivity index (χ0v) is 11.7. The molecule has 2 aromatic rings. The van der Waals surface area contributed by atoms with E-state index >= 15 is 0 Å². The Kier molecular flexibility index (Phi) is 3.35. The van der Waals surface area contributed by atoms with Gasteiger partial charge >= 0.3 is 0 Å². The zero-order valence-electron chi connectivity index (χ0n) is 9.31. The Balaban J connectivity index is 2.41. The fraction of sp³-hybridized carbons (Fsp3) is 0.300. The molecule has 0 aliphatic heterocycles. The van der Waals surface area contributed by atoms with Gasteiger partial charge in [0.1, 0.15) is 4.47 Å². The first-order chi connectivity index (χ1) is 7.99. The van der Waals surface area contributed by atoms with Crippen LogP contribution in [-0.2, 0) is 13.6 Å². The first-order valence-corrected chi connectivity index (χ1v) is 6.06. The Morgan fingerprint density at radius 1 is 1.53 bits per heavy atom. The lowest BCUT2D eigenvalue weighted by molar-refractivity contribution is 0.642. The summed E-state index contributed by atoms with van der Waals surface area (Å²) in [5, 5.41) is 4.39. The lowest BCUT2D eigenvalue weighted by Crippen LogP contribution is -2.22. The fourth-order valence-electron chi connectivity index (χ4n) is 1.54. The third-order valence-electron chi connectivity index (χ3n) is 2.37. The molecule has 0 aliphatic carbocycles. The summed E-state index contributed by atoms with van der Waals surface area (Å²) in [6.07, 6.45) is 1.43. The van der Waals surface area contributed by atoms with E-state index in [4.69, 9.17) is 11.6 Å². The largest absolute Gasteiger partial charge is 0.292 e. The summed E-state index contributed by atoms with van der Waals surface area (Å²) >= 11 is 8.85. The highest BCUT2D eigenvalue weighted by atomic mass is 79.9. The van der Waals surface area contributed by atoms with Crippen molar-refractivity contribution in [3.63, 3.8) is 0 Å². The van der Waals surface area contributed by atoms with E-state index in [-0.39, 0.29) is 15.2 Å². The lowest BCUT2D eigenvalue weighted by Gasteiger charge is -2.06.